The van der Waals surface area contributed by atoms with Crippen molar-refractivity contribution in [1.29, 1.82) is 0 Å². The molecule has 0 spiro atoms. The molecule has 124 valence electrons. The van der Waals surface area contributed by atoms with Gasteiger partial charge in [0.15, 0.2) is 6.61 Å². The van der Waals surface area contributed by atoms with Gasteiger partial charge in [0.05, 0.1) is 14.2 Å². The van der Waals surface area contributed by atoms with Crippen molar-refractivity contribution >= 4 is 0 Å². The van der Waals surface area contributed by atoms with Crippen LogP contribution in [-0.2, 0) is 6.61 Å². The maximum absolute atomic E-state index is 13.1. The van der Waals surface area contributed by atoms with Gasteiger partial charge in [-0.2, -0.15) is 4.98 Å². The fourth-order valence-corrected chi connectivity index (χ4v) is 2.07. The third-order valence-electron chi connectivity index (χ3n) is 3.23. The quantitative estimate of drug-likeness (QED) is 0.689. The Balaban J connectivity index is 1.75. The summed E-state index contributed by atoms with van der Waals surface area (Å²) in [5.41, 5.74) is 0.663. The monoisotopic (exact) mass is 330 g/mol. The van der Waals surface area contributed by atoms with E-state index in [1.807, 2.05) is 0 Å². The van der Waals surface area contributed by atoms with E-state index >= 15 is 0 Å². The van der Waals surface area contributed by atoms with E-state index in [4.69, 9.17) is 18.7 Å². The Bertz CT molecular complexity index is 813. The van der Waals surface area contributed by atoms with E-state index in [2.05, 4.69) is 10.1 Å². The topological polar surface area (TPSA) is 66.6 Å². The zero-order valence-corrected chi connectivity index (χ0v) is 13.2. The van der Waals surface area contributed by atoms with Crippen molar-refractivity contribution in [3.05, 3.63) is 54.1 Å². The molecule has 0 saturated heterocycles. The Morgan fingerprint density at radius 1 is 1.00 bits per heavy atom. The van der Waals surface area contributed by atoms with Crippen LogP contribution in [-0.4, -0.2) is 24.4 Å². The molecule has 0 unspecified atom stereocenters. The van der Waals surface area contributed by atoms with Gasteiger partial charge in [-0.3, -0.25) is 0 Å². The number of rotatable bonds is 6. The minimum atomic E-state index is -0.371. The van der Waals surface area contributed by atoms with Gasteiger partial charge in [-0.15, -0.1) is 0 Å². The first-order valence-electron chi connectivity index (χ1n) is 7.12. The third kappa shape index (κ3) is 3.62. The Hall–Kier alpha value is -3.09. The van der Waals surface area contributed by atoms with E-state index < -0.39 is 0 Å². The van der Waals surface area contributed by atoms with Gasteiger partial charge in [0.25, 0.3) is 5.89 Å². The van der Waals surface area contributed by atoms with Crippen LogP contribution in [0.15, 0.2) is 47.0 Å². The SMILES string of the molecule is COc1cc(OC)cc(-c2nc(COc3cccc(F)c3)no2)c1. The molecule has 0 radical (unpaired) electrons. The van der Waals surface area contributed by atoms with Crippen LogP contribution in [0.25, 0.3) is 11.5 Å². The zero-order valence-electron chi connectivity index (χ0n) is 13.2. The van der Waals surface area contributed by atoms with E-state index in [0.717, 1.165) is 0 Å². The van der Waals surface area contributed by atoms with Gasteiger partial charge in [0, 0.05) is 17.7 Å². The first-order valence-corrected chi connectivity index (χ1v) is 7.12. The second kappa shape index (κ2) is 6.99. The molecule has 2 aromatic carbocycles. The van der Waals surface area contributed by atoms with Gasteiger partial charge >= 0.3 is 0 Å². The van der Waals surface area contributed by atoms with Crippen LogP contribution < -0.4 is 14.2 Å². The molecule has 0 amide bonds. The summed E-state index contributed by atoms with van der Waals surface area (Å²) in [7, 11) is 3.12. The summed E-state index contributed by atoms with van der Waals surface area (Å²) >= 11 is 0. The molecule has 24 heavy (non-hydrogen) atoms. The van der Waals surface area contributed by atoms with E-state index in [-0.39, 0.29) is 12.4 Å². The minimum Gasteiger partial charge on any atom is -0.497 e. The van der Waals surface area contributed by atoms with Crippen molar-refractivity contribution in [2.24, 2.45) is 0 Å². The van der Waals surface area contributed by atoms with Crippen LogP contribution in [0.1, 0.15) is 5.82 Å². The smallest absolute Gasteiger partial charge is 0.258 e. The van der Waals surface area contributed by atoms with Crippen LogP contribution in [0.4, 0.5) is 4.39 Å². The maximum atomic E-state index is 13.1. The Kier molecular flexibility index (Phi) is 4.60. The molecule has 0 fully saturated rings. The average Bonchev–Trinajstić information content (AvgIpc) is 3.08. The predicted molar refractivity (Wildman–Crippen MR) is 83.6 cm³/mol. The molecule has 1 heterocycles. The van der Waals surface area contributed by atoms with Crippen molar-refractivity contribution in [2.45, 2.75) is 6.61 Å². The summed E-state index contributed by atoms with van der Waals surface area (Å²) in [6.45, 7) is 0.0635. The van der Waals surface area contributed by atoms with Gasteiger partial charge in [0.2, 0.25) is 5.82 Å². The highest BCUT2D eigenvalue weighted by Crippen LogP contribution is 2.28. The van der Waals surface area contributed by atoms with E-state index in [1.165, 1.54) is 12.1 Å². The molecule has 1 aromatic heterocycles. The number of nitrogens with zero attached hydrogens (tertiary/aromatic N) is 2. The van der Waals surface area contributed by atoms with Crippen molar-refractivity contribution in [3.63, 3.8) is 0 Å². The summed E-state index contributed by atoms with van der Waals surface area (Å²) < 4.78 is 34.2. The number of hydrogen-bond donors (Lipinski definition) is 0. The molecule has 0 bridgehead atoms. The number of benzene rings is 2. The zero-order chi connectivity index (χ0) is 16.9. The van der Waals surface area contributed by atoms with Crippen molar-refractivity contribution in [1.82, 2.24) is 10.1 Å². The molecular formula is C17H15FN2O4. The molecular weight excluding hydrogens is 315 g/mol. The van der Waals surface area contributed by atoms with Crippen LogP contribution in [0.3, 0.4) is 0 Å². The lowest BCUT2D eigenvalue weighted by molar-refractivity contribution is 0.285. The van der Waals surface area contributed by atoms with Gasteiger partial charge in [-0.25, -0.2) is 4.39 Å². The fourth-order valence-electron chi connectivity index (χ4n) is 2.07. The minimum absolute atomic E-state index is 0.0635. The van der Waals surface area contributed by atoms with Gasteiger partial charge < -0.3 is 18.7 Å². The third-order valence-corrected chi connectivity index (χ3v) is 3.23. The van der Waals surface area contributed by atoms with Gasteiger partial charge in [0.1, 0.15) is 23.1 Å². The van der Waals surface area contributed by atoms with Crippen LogP contribution >= 0.6 is 0 Å². The molecule has 6 nitrogen and oxygen atoms in total. The molecule has 0 aliphatic carbocycles. The van der Waals surface area contributed by atoms with E-state index in [0.29, 0.717) is 34.5 Å². The van der Waals surface area contributed by atoms with Gasteiger partial charge in [-0.1, -0.05) is 11.2 Å². The lowest BCUT2D eigenvalue weighted by Crippen LogP contribution is -1.97. The molecule has 3 rings (SSSR count). The second-order valence-corrected chi connectivity index (χ2v) is 4.86. The number of ether oxygens (including phenoxy) is 3. The highest BCUT2D eigenvalue weighted by atomic mass is 19.1. The highest BCUT2D eigenvalue weighted by molar-refractivity contribution is 5.59. The molecule has 0 atom stereocenters. The molecule has 0 aliphatic rings. The first kappa shape index (κ1) is 15.8. The molecule has 0 N–H and O–H groups in total. The first-order chi connectivity index (χ1) is 11.7. The number of methoxy groups -OCH3 is 2. The summed E-state index contributed by atoms with van der Waals surface area (Å²) in [5, 5.41) is 3.85. The van der Waals surface area contributed by atoms with E-state index in [1.54, 1.807) is 44.6 Å². The highest BCUT2D eigenvalue weighted by Gasteiger charge is 2.12. The van der Waals surface area contributed by atoms with Crippen molar-refractivity contribution in [2.75, 3.05) is 14.2 Å². The summed E-state index contributed by atoms with van der Waals surface area (Å²) in [6, 6.07) is 11.1. The predicted octanol–water partition coefficient (Wildman–Crippen LogP) is 3.47. The number of hydrogen-bond acceptors (Lipinski definition) is 6. The standard InChI is InChI=1S/C17H15FN2O4/c1-21-14-6-11(7-15(9-14)22-2)17-19-16(20-24-17)10-23-13-5-3-4-12(18)8-13/h3-9H,10H2,1-2H3. The largest absolute Gasteiger partial charge is 0.497 e. The normalized spacial score (nSPS) is 10.5. The van der Waals surface area contributed by atoms with Crippen LogP contribution in [0, 0.1) is 5.82 Å². The summed E-state index contributed by atoms with van der Waals surface area (Å²) in [5.74, 6) is 1.90. The van der Waals surface area contributed by atoms with E-state index in [9.17, 15) is 4.39 Å². The van der Waals surface area contributed by atoms with Crippen molar-refractivity contribution < 1.29 is 23.1 Å². The Morgan fingerprint density at radius 3 is 2.42 bits per heavy atom. The fraction of sp³-hybridized carbons (Fsp3) is 0.176. The summed E-state index contributed by atoms with van der Waals surface area (Å²) in [4.78, 5) is 4.26. The lowest BCUT2D eigenvalue weighted by atomic mass is 10.2. The van der Waals surface area contributed by atoms with Crippen molar-refractivity contribution in [3.8, 4) is 28.7 Å². The molecule has 7 heteroatoms. The maximum Gasteiger partial charge on any atom is 0.258 e. The molecule has 3 aromatic rings. The Morgan fingerprint density at radius 2 is 1.75 bits per heavy atom. The Labute approximate surface area is 137 Å². The molecule has 0 aliphatic heterocycles. The molecule has 0 saturated carbocycles. The van der Waals surface area contributed by atoms with Crippen LogP contribution in [0.2, 0.25) is 0 Å². The second-order valence-electron chi connectivity index (χ2n) is 4.86. The van der Waals surface area contributed by atoms with Crippen LogP contribution in [0.5, 0.6) is 17.2 Å². The average molecular weight is 330 g/mol. The summed E-state index contributed by atoms with van der Waals surface area (Å²) in [6.07, 6.45) is 0. The van der Waals surface area contributed by atoms with Gasteiger partial charge in [-0.05, 0) is 24.3 Å². The number of halogens is 1. The number of aromatic nitrogens is 2. The lowest BCUT2D eigenvalue weighted by Gasteiger charge is -2.05.